The molecule has 0 spiro atoms. The second-order valence-electron chi connectivity index (χ2n) is 6.70. The van der Waals surface area contributed by atoms with E-state index in [1.54, 1.807) is 0 Å². The van der Waals surface area contributed by atoms with Crippen LogP contribution in [0.2, 0.25) is 0 Å². The van der Waals surface area contributed by atoms with Gasteiger partial charge in [-0.1, -0.05) is 19.4 Å². The van der Waals surface area contributed by atoms with E-state index in [1.165, 1.54) is 38.3 Å². The maximum absolute atomic E-state index is 4.04. The van der Waals surface area contributed by atoms with Crippen LogP contribution in [0.1, 0.15) is 41.0 Å². The molecule has 0 radical (unpaired) electrons. The van der Waals surface area contributed by atoms with Crippen molar-refractivity contribution < 1.29 is 0 Å². The van der Waals surface area contributed by atoms with Crippen molar-refractivity contribution in [3.05, 3.63) is 12.2 Å². The van der Waals surface area contributed by atoms with Crippen LogP contribution in [0.4, 0.5) is 0 Å². The van der Waals surface area contributed by atoms with E-state index in [0.717, 1.165) is 6.42 Å². The van der Waals surface area contributed by atoms with E-state index in [-0.39, 0.29) is 0 Å². The maximum Gasteiger partial charge on any atom is 0.0113 e. The Labute approximate surface area is 108 Å². The number of rotatable bonds is 5. The molecule has 0 saturated carbocycles. The maximum atomic E-state index is 4.04. The van der Waals surface area contributed by atoms with Gasteiger partial charge in [-0.05, 0) is 32.6 Å². The number of hydrogen-bond donors (Lipinski definition) is 0. The van der Waals surface area contributed by atoms with Crippen molar-refractivity contribution in [1.29, 1.82) is 0 Å². The van der Waals surface area contributed by atoms with Gasteiger partial charge in [0.25, 0.3) is 0 Å². The summed E-state index contributed by atoms with van der Waals surface area (Å²) >= 11 is 0. The second kappa shape index (κ2) is 6.01. The molecule has 2 heteroatoms. The van der Waals surface area contributed by atoms with Gasteiger partial charge in [0.15, 0.2) is 0 Å². The molecular formula is C15H30N2. The highest BCUT2D eigenvalue weighted by Crippen LogP contribution is 2.26. The lowest BCUT2D eigenvalue weighted by atomic mass is 9.85. The summed E-state index contributed by atoms with van der Waals surface area (Å²) in [5.74, 6) is 0. The van der Waals surface area contributed by atoms with Gasteiger partial charge in [0.05, 0.1) is 0 Å². The fourth-order valence-electron chi connectivity index (χ4n) is 2.92. The average molecular weight is 238 g/mol. The van der Waals surface area contributed by atoms with Gasteiger partial charge in [-0.15, -0.1) is 6.58 Å². The van der Waals surface area contributed by atoms with Crippen LogP contribution in [0, 0.1) is 5.41 Å². The van der Waals surface area contributed by atoms with E-state index in [0.29, 0.717) is 11.5 Å². The molecule has 100 valence electrons. The Bertz CT molecular complexity index is 248. The summed E-state index contributed by atoms with van der Waals surface area (Å²) < 4.78 is 0. The van der Waals surface area contributed by atoms with E-state index < -0.39 is 0 Å². The first-order valence-corrected chi connectivity index (χ1v) is 6.91. The fourth-order valence-corrected chi connectivity index (χ4v) is 2.92. The Kier molecular flexibility index (Phi) is 5.21. The monoisotopic (exact) mass is 238 g/mol. The minimum atomic E-state index is 0.367. The fraction of sp³-hybridized carbons (Fsp3) is 0.867. The highest BCUT2D eigenvalue weighted by atomic mass is 15.3. The van der Waals surface area contributed by atoms with Crippen molar-refractivity contribution in [2.75, 3.05) is 32.7 Å². The molecule has 0 aromatic rings. The molecule has 1 heterocycles. The third-order valence-corrected chi connectivity index (χ3v) is 3.57. The topological polar surface area (TPSA) is 6.48 Å². The van der Waals surface area contributed by atoms with Crippen molar-refractivity contribution in [2.24, 2.45) is 5.41 Å². The third-order valence-electron chi connectivity index (χ3n) is 3.57. The van der Waals surface area contributed by atoms with Crippen LogP contribution >= 0.6 is 0 Å². The molecule has 0 atom stereocenters. The zero-order valence-electron chi connectivity index (χ0n) is 12.4. The Morgan fingerprint density at radius 3 is 2.12 bits per heavy atom. The predicted octanol–water partition coefficient (Wildman–Crippen LogP) is 3.00. The van der Waals surface area contributed by atoms with Crippen molar-refractivity contribution in [3.8, 4) is 0 Å². The molecule has 1 saturated heterocycles. The van der Waals surface area contributed by atoms with Gasteiger partial charge in [-0.3, -0.25) is 4.90 Å². The lowest BCUT2D eigenvalue weighted by molar-refractivity contribution is 0.0804. The molecule has 0 bridgehead atoms. The highest BCUT2D eigenvalue weighted by molar-refractivity contribution is 4.95. The van der Waals surface area contributed by atoms with Gasteiger partial charge >= 0.3 is 0 Å². The molecule has 1 aliphatic rings. The van der Waals surface area contributed by atoms with Crippen LogP contribution in [0.15, 0.2) is 12.2 Å². The Morgan fingerprint density at radius 2 is 1.71 bits per heavy atom. The van der Waals surface area contributed by atoms with E-state index in [4.69, 9.17) is 0 Å². The van der Waals surface area contributed by atoms with E-state index in [9.17, 15) is 0 Å². The van der Waals surface area contributed by atoms with Crippen LogP contribution in [0.5, 0.6) is 0 Å². The zero-order chi connectivity index (χ0) is 13.1. The van der Waals surface area contributed by atoms with Crippen molar-refractivity contribution in [3.63, 3.8) is 0 Å². The first-order valence-electron chi connectivity index (χ1n) is 6.91. The molecular weight excluding hydrogens is 208 g/mol. The van der Waals surface area contributed by atoms with Crippen molar-refractivity contribution >= 4 is 0 Å². The van der Waals surface area contributed by atoms with Gasteiger partial charge in [-0.2, -0.15) is 0 Å². The molecule has 0 unspecified atom stereocenters. The quantitative estimate of drug-likeness (QED) is 0.679. The van der Waals surface area contributed by atoms with Gasteiger partial charge in [0.1, 0.15) is 0 Å². The van der Waals surface area contributed by atoms with E-state index in [2.05, 4.69) is 51.0 Å². The van der Waals surface area contributed by atoms with Gasteiger partial charge in [0, 0.05) is 38.8 Å². The average Bonchev–Trinajstić information content (AvgIpc) is 2.15. The van der Waals surface area contributed by atoms with Crippen molar-refractivity contribution in [1.82, 2.24) is 9.80 Å². The minimum absolute atomic E-state index is 0.367. The molecule has 2 nitrogen and oxygen atoms in total. The van der Waals surface area contributed by atoms with Gasteiger partial charge in [0.2, 0.25) is 0 Å². The summed E-state index contributed by atoms with van der Waals surface area (Å²) in [6, 6.07) is 0.695. The molecule has 0 aromatic carbocycles. The third kappa shape index (κ3) is 5.22. The molecule has 0 N–H and O–H groups in total. The number of nitrogens with zero attached hydrogens (tertiary/aromatic N) is 2. The summed E-state index contributed by atoms with van der Waals surface area (Å²) in [5.41, 5.74) is 1.67. The normalized spacial score (nSPS) is 19.9. The lowest BCUT2D eigenvalue weighted by Crippen LogP contribution is -2.50. The van der Waals surface area contributed by atoms with Crippen LogP contribution in [-0.4, -0.2) is 48.6 Å². The summed E-state index contributed by atoms with van der Waals surface area (Å²) in [6.45, 7) is 21.6. The van der Waals surface area contributed by atoms with Crippen LogP contribution in [0.3, 0.4) is 0 Å². The second-order valence-corrected chi connectivity index (χ2v) is 6.70. The van der Waals surface area contributed by atoms with Crippen LogP contribution in [0.25, 0.3) is 0 Å². The first kappa shape index (κ1) is 14.7. The summed E-state index contributed by atoms with van der Waals surface area (Å²) in [7, 11) is 0. The van der Waals surface area contributed by atoms with Crippen molar-refractivity contribution in [2.45, 2.75) is 47.1 Å². The Morgan fingerprint density at radius 1 is 1.18 bits per heavy atom. The molecule has 1 fully saturated rings. The molecule has 0 aliphatic carbocycles. The summed E-state index contributed by atoms with van der Waals surface area (Å²) in [4.78, 5) is 5.18. The predicted molar refractivity (Wildman–Crippen MR) is 76.4 cm³/mol. The number of allylic oxidation sites excluding steroid dienone is 1. The summed E-state index contributed by atoms with van der Waals surface area (Å²) in [5, 5.41) is 0. The Hall–Kier alpha value is -0.340. The lowest BCUT2D eigenvalue weighted by Gasteiger charge is -2.40. The SMILES string of the molecule is C=C(C)CC(C)(C)CN1CCN(C(C)C)CC1. The number of hydrogen-bond acceptors (Lipinski definition) is 2. The largest absolute Gasteiger partial charge is 0.300 e. The highest BCUT2D eigenvalue weighted by Gasteiger charge is 2.25. The van der Waals surface area contributed by atoms with Gasteiger partial charge < -0.3 is 4.90 Å². The molecule has 1 aliphatic heterocycles. The van der Waals surface area contributed by atoms with Crippen LogP contribution < -0.4 is 0 Å². The first-order chi connectivity index (χ1) is 7.80. The summed E-state index contributed by atoms with van der Waals surface area (Å²) in [6.07, 6.45) is 1.14. The molecule has 0 aromatic heterocycles. The Balaban J connectivity index is 2.37. The zero-order valence-corrected chi connectivity index (χ0v) is 12.4. The molecule has 1 rings (SSSR count). The minimum Gasteiger partial charge on any atom is -0.300 e. The van der Waals surface area contributed by atoms with E-state index >= 15 is 0 Å². The molecule has 0 amide bonds. The number of piperazine rings is 1. The van der Waals surface area contributed by atoms with E-state index in [1.807, 2.05) is 0 Å². The van der Waals surface area contributed by atoms with Crippen LogP contribution in [-0.2, 0) is 0 Å². The smallest absolute Gasteiger partial charge is 0.0113 e. The molecule has 17 heavy (non-hydrogen) atoms. The standard InChI is InChI=1S/C15H30N2/c1-13(2)11-15(5,6)12-16-7-9-17(10-8-16)14(3)4/h14H,1,7-12H2,2-6H3. The van der Waals surface area contributed by atoms with Gasteiger partial charge in [-0.25, -0.2) is 0 Å².